The second kappa shape index (κ2) is 5.84. The van der Waals surface area contributed by atoms with Gasteiger partial charge in [0.25, 0.3) is 5.56 Å². The zero-order chi connectivity index (χ0) is 20.5. The predicted octanol–water partition coefficient (Wildman–Crippen LogP) is -4.02. The highest BCUT2D eigenvalue weighted by Crippen LogP contribution is 2.52. The number of nitrogens with two attached hydrogens (primary N) is 1. The van der Waals surface area contributed by atoms with Gasteiger partial charge in [-0.3, -0.25) is 24.3 Å². The van der Waals surface area contributed by atoms with E-state index in [0.29, 0.717) is 0 Å². The zero-order valence-electron chi connectivity index (χ0n) is 14.3. The van der Waals surface area contributed by atoms with Crippen molar-refractivity contribution in [2.45, 2.75) is 23.4 Å². The number of nitrogens with one attached hydrogen (secondary N) is 1. The van der Waals surface area contributed by atoms with Crippen LogP contribution in [0, 0.1) is 6.92 Å². The first-order valence-electron chi connectivity index (χ1n) is 7.69. The number of nitrogen functional groups attached to an aromatic ring is 1. The van der Waals surface area contributed by atoms with Gasteiger partial charge in [-0.1, -0.05) is 16.1 Å². The van der Waals surface area contributed by atoms with Gasteiger partial charge in [0.05, 0.1) is 42.3 Å². The van der Waals surface area contributed by atoms with Gasteiger partial charge < -0.3 is 5.73 Å². The van der Waals surface area contributed by atoms with Crippen molar-refractivity contribution in [3.05, 3.63) is 22.2 Å². The minimum absolute atomic E-state index is 0.0150. The van der Waals surface area contributed by atoms with Crippen LogP contribution < -0.4 is 27.5 Å². The van der Waals surface area contributed by atoms with Crippen LogP contribution >= 0.6 is 0 Å². The molecule has 3 N–H and O–H groups in total. The van der Waals surface area contributed by atoms with Crippen LogP contribution in [0.2, 0.25) is 10.4 Å². The Labute approximate surface area is 162 Å². The molecular formula is C14H8B6N4O3. The van der Waals surface area contributed by atoms with Crippen molar-refractivity contribution in [1.82, 2.24) is 14.9 Å². The Morgan fingerprint density at radius 1 is 1.19 bits per heavy atom. The maximum atomic E-state index is 13.1. The Kier molecular flexibility index (Phi) is 4.21. The quantitative estimate of drug-likeness (QED) is 0.311. The highest BCUT2D eigenvalue weighted by Gasteiger charge is 2.54. The van der Waals surface area contributed by atoms with Gasteiger partial charge in [-0.2, -0.15) is 0 Å². The van der Waals surface area contributed by atoms with Gasteiger partial charge in [0.1, 0.15) is 27.6 Å². The molecule has 12 radical (unpaired) electrons. The van der Waals surface area contributed by atoms with Gasteiger partial charge in [-0.25, -0.2) is 4.98 Å². The molecule has 1 fully saturated rings. The summed E-state index contributed by atoms with van der Waals surface area (Å²) in [4.78, 5) is 41.8. The van der Waals surface area contributed by atoms with Crippen molar-refractivity contribution in [3.8, 4) is 0 Å². The van der Waals surface area contributed by atoms with Crippen molar-refractivity contribution < 1.29 is 9.59 Å². The molecule has 2 aromatic rings. The summed E-state index contributed by atoms with van der Waals surface area (Å²) in [6, 6.07) is -0.272. The van der Waals surface area contributed by atoms with E-state index in [4.69, 9.17) is 52.8 Å². The van der Waals surface area contributed by atoms with E-state index >= 15 is 0 Å². The Morgan fingerprint density at radius 3 is 2.37 bits per heavy atom. The van der Waals surface area contributed by atoms with Crippen LogP contribution in [0.1, 0.15) is 11.9 Å². The molecule has 1 aliphatic rings. The first-order chi connectivity index (χ1) is 12.3. The number of amides is 2. The lowest BCUT2D eigenvalue weighted by Crippen LogP contribution is -2.61. The summed E-state index contributed by atoms with van der Waals surface area (Å²) < 4.78 is 0.880. The second-order valence-corrected chi connectivity index (χ2v) is 6.54. The third-order valence-corrected chi connectivity index (χ3v) is 4.77. The van der Waals surface area contributed by atoms with E-state index in [9.17, 15) is 14.4 Å². The fourth-order valence-corrected chi connectivity index (χ4v) is 3.09. The van der Waals surface area contributed by atoms with E-state index in [0.717, 1.165) is 4.57 Å². The number of hydrogen-bond donors (Lipinski definition) is 2. The number of hydrogen-bond acceptors (Lipinski definition) is 5. The molecule has 3 rings (SSSR count). The molecule has 1 unspecified atom stereocenters. The molecule has 2 amide bonds. The number of nitrogens with zero attached hydrogens (tertiary/aromatic N) is 2. The van der Waals surface area contributed by atoms with Crippen LogP contribution in [0.5, 0.6) is 0 Å². The minimum atomic E-state index is -2.35. The SMILES string of the molecule is [B]c1cc2nc(C)n(C3C(=O)NC(=O)C([B])([B])C3([B])[B])c(=O)c2c(N)c1[B]. The Morgan fingerprint density at radius 2 is 1.78 bits per heavy atom. The number of aromatic nitrogens is 2. The molecule has 0 aliphatic carbocycles. The number of rotatable bonds is 1. The summed E-state index contributed by atoms with van der Waals surface area (Å²) in [5.74, 6) is -2.00. The first-order valence-corrected chi connectivity index (χ1v) is 7.69. The van der Waals surface area contributed by atoms with Gasteiger partial charge in [0.2, 0.25) is 11.8 Å². The third-order valence-electron chi connectivity index (χ3n) is 4.77. The molecule has 0 bridgehead atoms. The monoisotopic (exact) mass is 346 g/mol. The van der Waals surface area contributed by atoms with Gasteiger partial charge in [0, 0.05) is 5.69 Å². The van der Waals surface area contributed by atoms with E-state index in [1.54, 1.807) is 0 Å². The molecule has 1 aromatic carbocycles. The average molecular weight is 345 g/mol. The molecule has 120 valence electrons. The lowest BCUT2D eigenvalue weighted by atomic mass is 9.26. The van der Waals surface area contributed by atoms with Gasteiger partial charge in [0.15, 0.2) is 0 Å². The molecule has 13 heteroatoms. The highest BCUT2D eigenvalue weighted by atomic mass is 16.2. The lowest BCUT2D eigenvalue weighted by molar-refractivity contribution is -0.137. The van der Waals surface area contributed by atoms with Crippen LogP contribution in [0.4, 0.5) is 5.69 Å². The second-order valence-electron chi connectivity index (χ2n) is 6.54. The summed E-state index contributed by atoms with van der Waals surface area (Å²) in [6.07, 6.45) is 0. The van der Waals surface area contributed by atoms with E-state index in [-0.39, 0.29) is 33.3 Å². The topological polar surface area (TPSA) is 107 Å². The lowest BCUT2D eigenvalue weighted by Gasteiger charge is -2.51. The Balaban J connectivity index is 2.39. The van der Waals surface area contributed by atoms with E-state index in [1.165, 1.54) is 13.0 Å². The molecule has 27 heavy (non-hydrogen) atoms. The highest BCUT2D eigenvalue weighted by molar-refractivity contribution is 6.63. The summed E-state index contributed by atoms with van der Waals surface area (Å²) >= 11 is 0. The van der Waals surface area contributed by atoms with E-state index in [2.05, 4.69) is 4.98 Å². The maximum Gasteiger partial charge on any atom is 0.264 e. The molecular weight excluding hydrogens is 337 g/mol. The molecule has 1 saturated heterocycles. The number of fused-ring (bicyclic) bond motifs is 1. The number of aryl methyl sites for hydroxylation is 1. The number of benzene rings is 1. The maximum absolute atomic E-state index is 13.1. The predicted molar refractivity (Wildman–Crippen MR) is 107 cm³/mol. The number of imide groups is 1. The third kappa shape index (κ3) is 2.51. The van der Waals surface area contributed by atoms with E-state index in [1.807, 2.05) is 5.32 Å². The molecule has 7 nitrogen and oxygen atoms in total. The first kappa shape index (κ1) is 19.5. The Hall–Kier alpha value is -2.31. The van der Waals surface area contributed by atoms with Gasteiger partial charge in [-0.15, -0.1) is 0 Å². The average Bonchev–Trinajstić information content (AvgIpc) is 2.54. The fourth-order valence-electron chi connectivity index (χ4n) is 3.09. The molecule has 1 aromatic heterocycles. The van der Waals surface area contributed by atoms with Crippen LogP contribution in [0.15, 0.2) is 10.9 Å². The van der Waals surface area contributed by atoms with Crippen LogP contribution in [0.3, 0.4) is 0 Å². The van der Waals surface area contributed by atoms with Gasteiger partial charge >= 0.3 is 0 Å². The molecule has 0 saturated carbocycles. The van der Waals surface area contributed by atoms with Crippen molar-refractivity contribution in [2.75, 3.05) is 5.73 Å². The van der Waals surface area contributed by atoms with Gasteiger partial charge in [-0.05, 0) is 18.2 Å². The summed E-state index contributed by atoms with van der Waals surface area (Å²) in [5, 5.41) is -2.79. The van der Waals surface area contributed by atoms with Crippen LogP contribution in [-0.4, -0.2) is 68.4 Å². The van der Waals surface area contributed by atoms with Crippen molar-refractivity contribution in [1.29, 1.82) is 0 Å². The molecule has 1 aliphatic heterocycles. The minimum Gasteiger partial charge on any atom is -0.399 e. The molecule has 1 atom stereocenters. The number of carbonyl (C=O) groups excluding carboxylic acids is 2. The summed E-state index contributed by atoms with van der Waals surface area (Å²) in [7, 11) is 35.0. The standard InChI is InChI=1S/C14H8B6N4O3/c1-3-22-5-2-4(15)7(16)8(21)6(5)11(26)24(3)9-10(25)23-12(27)14(19,20)13(9,17)18/h2,9H,21H2,1H3,(H,23,25,27). The van der Waals surface area contributed by atoms with Crippen LogP contribution in [-0.2, 0) is 9.59 Å². The summed E-state index contributed by atoms with van der Waals surface area (Å²) in [6.45, 7) is 1.43. The van der Waals surface area contributed by atoms with Crippen molar-refractivity contribution in [2.24, 2.45) is 0 Å². The van der Waals surface area contributed by atoms with Crippen LogP contribution in [0.25, 0.3) is 10.9 Å². The number of piperidine rings is 1. The fraction of sp³-hybridized carbons (Fsp3) is 0.286. The van der Waals surface area contributed by atoms with Crippen molar-refractivity contribution in [3.63, 3.8) is 0 Å². The smallest absolute Gasteiger partial charge is 0.264 e. The normalized spacial score (nSPS) is 21.1. The number of anilines is 1. The van der Waals surface area contributed by atoms with E-state index < -0.39 is 33.8 Å². The largest absolute Gasteiger partial charge is 0.399 e. The molecule has 2 heterocycles. The van der Waals surface area contributed by atoms with Crippen molar-refractivity contribution >= 4 is 86.4 Å². The summed E-state index contributed by atoms with van der Waals surface area (Å²) in [5.41, 5.74) is 5.32. The Bertz CT molecular complexity index is 1080. The number of carbonyl (C=O) groups is 2. The molecule has 0 spiro atoms. The zero-order valence-corrected chi connectivity index (χ0v) is 14.3.